The molecule has 3 heteroatoms. The minimum atomic E-state index is -0.219. The molecule has 0 radical (unpaired) electrons. The van der Waals surface area contributed by atoms with E-state index in [9.17, 15) is 4.39 Å². The van der Waals surface area contributed by atoms with E-state index in [4.69, 9.17) is 5.73 Å². The predicted molar refractivity (Wildman–Crippen MR) is 164 cm³/mol. The van der Waals surface area contributed by atoms with E-state index in [1.807, 2.05) is 19.1 Å². The third-order valence-corrected chi connectivity index (χ3v) is 6.86. The van der Waals surface area contributed by atoms with Crippen molar-refractivity contribution in [2.24, 2.45) is 0 Å². The Bertz CT molecular complexity index is 1450. The van der Waals surface area contributed by atoms with Gasteiger partial charge in [-0.15, -0.1) is 0 Å². The number of nitrogens with one attached hydrogen (secondary N) is 1. The lowest BCUT2D eigenvalue weighted by atomic mass is 10.0. The number of anilines is 3. The van der Waals surface area contributed by atoms with Gasteiger partial charge >= 0.3 is 0 Å². The first-order valence-corrected chi connectivity index (χ1v) is 13.5. The van der Waals surface area contributed by atoms with Gasteiger partial charge in [0, 0.05) is 17.1 Å². The molecule has 0 atom stereocenters. The molecule has 2 nitrogen and oxygen atoms in total. The van der Waals surface area contributed by atoms with Gasteiger partial charge in [0.1, 0.15) is 5.82 Å². The summed E-state index contributed by atoms with van der Waals surface area (Å²) in [7, 11) is 0. The molecule has 5 aromatic carbocycles. The normalized spacial score (nSPS) is 10.4. The van der Waals surface area contributed by atoms with Gasteiger partial charge in [0.15, 0.2) is 0 Å². The maximum Gasteiger partial charge on any atom is 0.123 e. The highest BCUT2D eigenvalue weighted by Crippen LogP contribution is 2.23. The zero-order chi connectivity index (χ0) is 27.5. The van der Waals surface area contributed by atoms with Crippen LogP contribution in [0.25, 0.3) is 0 Å². The lowest BCUT2D eigenvalue weighted by Crippen LogP contribution is -1.97. The molecular formula is C36H37FN2. The van der Waals surface area contributed by atoms with Crippen LogP contribution in [0.1, 0.15) is 33.4 Å². The van der Waals surface area contributed by atoms with Crippen molar-refractivity contribution in [1.82, 2.24) is 0 Å². The minimum Gasteiger partial charge on any atom is -0.399 e. The number of benzene rings is 5. The molecule has 0 aliphatic heterocycles. The van der Waals surface area contributed by atoms with Crippen LogP contribution in [0.2, 0.25) is 0 Å². The van der Waals surface area contributed by atoms with Crippen LogP contribution in [0, 0.1) is 19.7 Å². The molecule has 198 valence electrons. The van der Waals surface area contributed by atoms with E-state index in [-0.39, 0.29) is 5.82 Å². The van der Waals surface area contributed by atoms with Gasteiger partial charge < -0.3 is 11.1 Å². The van der Waals surface area contributed by atoms with Crippen molar-refractivity contribution in [2.45, 2.75) is 39.5 Å². The Balaban J connectivity index is 0.000000193. The molecule has 0 bridgehead atoms. The highest BCUT2D eigenvalue weighted by molar-refractivity contribution is 5.63. The number of aryl methyl sites for hydroxylation is 6. The predicted octanol–water partition coefficient (Wildman–Crippen LogP) is 9.03. The molecule has 0 spiro atoms. The van der Waals surface area contributed by atoms with E-state index in [1.54, 1.807) is 12.1 Å². The molecule has 0 saturated heterocycles. The summed E-state index contributed by atoms with van der Waals surface area (Å²) in [5.74, 6) is -0.219. The van der Waals surface area contributed by atoms with Crippen molar-refractivity contribution >= 4 is 17.1 Å². The van der Waals surface area contributed by atoms with Gasteiger partial charge in [-0.25, -0.2) is 4.39 Å². The van der Waals surface area contributed by atoms with Crippen LogP contribution in [-0.4, -0.2) is 0 Å². The van der Waals surface area contributed by atoms with Crippen molar-refractivity contribution in [3.63, 3.8) is 0 Å². The van der Waals surface area contributed by atoms with Crippen LogP contribution < -0.4 is 11.1 Å². The Hall–Kier alpha value is -4.37. The Labute approximate surface area is 232 Å². The SMILES string of the molecule is Cc1ccc(CCc2ccccc2)cc1N.Cc1ccc(CCc2ccccc2)cc1Nc1ccc(F)cc1. The Morgan fingerprint density at radius 2 is 1.03 bits per heavy atom. The molecule has 0 aliphatic rings. The molecule has 0 fully saturated rings. The summed E-state index contributed by atoms with van der Waals surface area (Å²) in [6.07, 6.45) is 4.15. The fourth-order valence-corrected chi connectivity index (χ4v) is 4.36. The number of nitrogen functional groups attached to an aromatic ring is 1. The van der Waals surface area contributed by atoms with Gasteiger partial charge in [-0.05, 0) is 109 Å². The summed E-state index contributed by atoms with van der Waals surface area (Å²) >= 11 is 0. The monoisotopic (exact) mass is 516 g/mol. The van der Waals surface area contributed by atoms with E-state index in [1.165, 1.54) is 39.9 Å². The smallest absolute Gasteiger partial charge is 0.123 e. The third kappa shape index (κ3) is 8.86. The van der Waals surface area contributed by atoms with E-state index < -0.39 is 0 Å². The lowest BCUT2D eigenvalue weighted by molar-refractivity contribution is 0.628. The Morgan fingerprint density at radius 1 is 0.538 bits per heavy atom. The standard InChI is InChI=1S/C21H20FN.C15H17N/c1-16-7-8-18(10-9-17-5-3-2-4-6-17)15-21(16)23-20-13-11-19(22)12-14-20;1-12-7-8-14(11-15(12)16)10-9-13-5-3-2-4-6-13/h2-8,11-15,23H,9-10H2,1H3;2-8,11H,9-10,16H2,1H3. The van der Waals surface area contributed by atoms with Crippen LogP contribution in [0.3, 0.4) is 0 Å². The summed E-state index contributed by atoms with van der Waals surface area (Å²) in [4.78, 5) is 0. The number of halogens is 1. The summed E-state index contributed by atoms with van der Waals surface area (Å²) in [6, 6.07) is 40.3. The summed E-state index contributed by atoms with van der Waals surface area (Å²) in [5.41, 5.74) is 16.4. The van der Waals surface area contributed by atoms with Gasteiger partial charge in [0.25, 0.3) is 0 Å². The van der Waals surface area contributed by atoms with Crippen molar-refractivity contribution in [3.8, 4) is 0 Å². The summed E-state index contributed by atoms with van der Waals surface area (Å²) in [6.45, 7) is 4.11. The van der Waals surface area contributed by atoms with Crippen LogP contribution in [0.15, 0.2) is 121 Å². The van der Waals surface area contributed by atoms with Crippen molar-refractivity contribution in [2.75, 3.05) is 11.1 Å². The molecule has 0 amide bonds. The minimum absolute atomic E-state index is 0.219. The molecule has 5 aromatic rings. The number of hydrogen-bond donors (Lipinski definition) is 2. The first-order chi connectivity index (χ1) is 19.0. The van der Waals surface area contributed by atoms with Gasteiger partial charge in [-0.3, -0.25) is 0 Å². The maximum atomic E-state index is 13.0. The first kappa shape index (κ1) is 27.7. The lowest BCUT2D eigenvalue weighted by Gasteiger charge is -2.12. The Kier molecular flexibility index (Phi) is 9.91. The van der Waals surface area contributed by atoms with Crippen LogP contribution in [0.4, 0.5) is 21.5 Å². The van der Waals surface area contributed by atoms with Crippen LogP contribution in [-0.2, 0) is 25.7 Å². The van der Waals surface area contributed by atoms with E-state index in [2.05, 4.69) is 97.2 Å². The second-order valence-corrected chi connectivity index (χ2v) is 9.94. The fourth-order valence-electron chi connectivity index (χ4n) is 4.36. The Morgan fingerprint density at radius 3 is 1.56 bits per heavy atom. The zero-order valence-corrected chi connectivity index (χ0v) is 22.8. The van der Waals surface area contributed by atoms with Crippen molar-refractivity contribution < 1.29 is 4.39 Å². The second kappa shape index (κ2) is 14.0. The molecule has 0 saturated carbocycles. The fraction of sp³-hybridized carbons (Fsp3) is 0.167. The second-order valence-electron chi connectivity index (χ2n) is 9.94. The first-order valence-electron chi connectivity index (χ1n) is 13.5. The molecule has 39 heavy (non-hydrogen) atoms. The molecule has 0 aliphatic carbocycles. The van der Waals surface area contributed by atoms with E-state index in [0.717, 1.165) is 48.3 Å². The molecule has 3 N–H and O–H groups in total. The summed E-state index contributed by atoms with van der Waals surface area (Å²) < 4.78 is 13.0. The van der Waals surface area contributed by atoms with E-state index in [0.29, 0.717) is 0 Å². The van der Waals surface area contributed by atoms with Gasteiger partial charge in [-0.1, -0.05) is 84.9 Å². The van der Waals surface area contributed by atoms with E-state index >= 15 is 0 Å². The number of hydrogen-bond acceptors (Lipinski definition) is 2. The maximum absolute atomic E-state index is 13.0. The molecule has 0 heterocycles. The average molecular weight is 517 g/mol. The summed E-state index contributed by atoms with van der Waals surface area (Å²) in [5, 5.41) is 3.37. The number of rotatable bonds is 8. The topological polar surface area (TPSA) is 38.0 Å². The largest absolute Gasteiger partial charge is 0.399 e. The highest BCUT2D eigenvalue weighted by Gasteiger charge is 2.03. The van der Waals surface area contributed by atoms with Gasteiger partial charge in [0.2, 0.25) is 0 Å². The quantitative estimate of drug-likeness (QED) is 0.202. The van der Waals surface area contributed by atoms with Gasteiger partial charge in [0.05, 0.1) is 0 Å². The molecule has 0 unspecified atom stereocenters. The molecular weight excluding hydrogens is 479 g/mol. The van der Waals surface area contributed by atoms with Crippen molar-refractivity contribution in [1.29, 1.82) is 0 Å². The molecule has 5 rings (SSSR count). The van der Waals surface area contributed by atoms with Crippen LogP contribution in [0.5, 0.6) is 0 Å². The van der Waals surface area contributed by atoms with Gasteiger partial charge in [-0.2, -0.15) is 0 Å². The van der Waals surface area contributed by atoms with Crippen LogP contribution >= 0.6 is 0 Å². The third-order valence-electron chi connectivity index (χ3n) is 6.86. The molecule has 0 aromatic heterocycles. The van der Waals surface area contributed by atoms with Crippen molar-refractivity contribution in [3.05, 3.63) is 161 Å². The zero-order valence-electron chi connectivity index (χ0n) is 22.8. The highest BCUT2D eigenvalue weighted by atomic mass is 19.1. The average Bonchev–Trinajstić information content (AvgIpc) is 2.97. The number of nitrogens with two attached hydrogens (primary N) is 1.